The molecule has 1 fully saturated rings. The van der Waals surface area contributed by atoms with Crippen molar-refractivity contribution in [3.63, 3.8) is 0 Å². The second kappa shape index (κ2) is 6.24. The summed E-state index contributed by atoms with van der Waals surface area (Å²) in [6.45, 7) is 3.83. The zero-order chi connectivity index (χ0) is 10.7. The second-order valence-corrected chi connectivity index (χ2v) is 4.39. The molecule has 1 atom stereocenters. The van der Waals surface area contributed by atoms with Crippen molar-refractivity contribution in [3.05, 3.63) is 35.4 Å². The van der Waals surface area contributed by atoms with Gasteiger partial charge in [0.25, 0.3) is 0 Å². The summed E-state index contributed by atoms with van der Waals surface area (Å²) < 4.78 is 5.35. The standard InChI is InChI=1S/C13H19NO.ClH/c1-10-2-4-11(5-3-10)13(14)12-6-8-15-9-7-12;/h2-5,12-13H,6-9,14H2,1H3;1H. The van der Waals surface area contributed by atoms with Gasteiger partial charge in [0, 0.05) is 19.3 Å². The number of ether oxygens (including phenoxy) is 1. The largest absolute Gasteiger partial charge is 0.381 e. The predicted molar refractivity (Wildman–Crippen MR) is 68.9 cm³/mol. The van der Waals surface area contributed by atoms with E-state index in [0.717, 1.165) is 26.1 Å². The van der Waals surface area contributed by atoms with Gasteiger partial charge in [0.15, 0.2) is 0 Å². The van der Waals surface area contributed by atoms with Crippen LogP contribution in [0, 0.1) is 12.8 Å². The number of nitrogens with two attached hydrogens (primary N) is 1. The third-order valence-electron chi connectivity index (χ3n) is 3.24. The van der Waals surface area contributed by atoms with Crippen LogP contribution in [0.4, 0.5) is 0 Å². The molecule has 1 unspecified atom stereocenters. The van der Waals surface area contributed by atoms with Crippen LogP contribution < -0.4 is 5.73 Å². The predicted octanol–water partition coefficient (Wildman–Crippen LogP) is 2.84. The fourth-order valence-electron chi connectivity index (χ4n) is 2.14. The van der Waals surface area contributed by atoms with Crippen molar-refractivity contribution < 1.29 is 4.74 Å². The summed E-state index contributed by atoms with van der Waals surface area (Å²) in [4.78, 5) is 0. The first-order valence-corrected chi connectivity index (χ1v) is 5.67. The molecule has 90 valence electrons. The van der Waals surface area contributed by atoms with E-state index in [1.165, 1.54) is 11.1 Å². The monoisotopic (exact) mass is 241 g/mol. The van der Waals surface area contributed by atoms with E-state index in [1.54, 1.807) is 0 Å². The van der Waals surface area contributed by atoms with Crippen LogP contribution in [0.5, 0.6) is 0 Å². The lowest BCUT2D eigenvalue weighted by molar-refractivity contribution is 0.0584. The van der Waals surface area contributed by atoms with Crippen molar-refractivity contribution in [3.8, 4) is 0 Å². The molecular weight excluding hydrogens is 222 g/mol. The first kappa shape index (κ1) is 13.5. The molecular formula is C13H20ClNO. The molecule has 0 amide bonds. The van der Waals surface area contributed by atoms with Crippen LogP contribution in [0.1, 0.15) is 30.0 Å². The smallest absolute Gasteiger partial charge is 0.0469 e. The average molecular weight is 242 g/mol. The Balaban J connectivity index is 0.00000128. The van der Waals surface area contributed by atoms with E-state index in [-0.39, 0.29) is 18.4 Å². The second-order valence-electron chi connectivity index (χ2n) is 4.39. The van der Waals surface area contributed by atoms with Crippen molar-refractivity contribution in [1.29, 1.82) is 0 Å². The van der Waals surface area contributed by atoms with Crippen molar-refractivity contribution in [1.82, 2.24) is 0 Å². The Morgan fingerprint density at radius 2 is 1.75 bits per heavy atom. The third-order valence-corrected chi connectivity index (χ3v) is 3.24. The van der Waals surface area contributed by atoms with Gasteiger partial charge in [-0.15, -0.1) is 12.4 Å². The average Bonchev–Trinajstić information content (AvgIpc) is 2.30. The minimum absolute atomic E-state index is 0. The van der Waals surface area contributed by atoms with E-state index < -0.39 is 0 Å². The van der Waals surface area contributed by atoms with Crippen LogP contribution in [0.25, 0.3) is 0 Å². The lowest BCUT2D eigenvalue weighted by Gasteiger charge is -2.27. The zero-order valence-corrected chi connectivity index (χ0v) is 10.5. The maximum Gasteiger partial charge on any atom is 0.0469 e. The maximum atomic E-state index is 6.26. The minimum Gasteiger partial charge on any atom is -0.381 e. The summed E-state index contributed by atoms with van der Waals surface area (Å²) in [5.74, 6) is 0.585. The topological polar surface area (TPSA) is 35.2 Å². The molecule has 2 rings (SSSR count). The van der Waals surface area contributed by atoms with Gasteiger partial charge >= 0.3 is 0 Å². The minimum atomic E-state index is 0. The number of hydrogen-bond acceptors (Lipinski definition) is 2. The fourth-order valence-corrected chi connectivity index (χ4v) is 2.14. The molecule has 16 heavy (non-hydrogen) atoms. The van der Waals surface area contributed by atoms with E-state index in [1.807, 2.05) is 0 Å². The van der Waals surface area contributed by atoms with E-state index >= 15 is 0 Å². The lowest BCUT2D eigenvalue weighted by Crippen LogP contribution is -2.27. The quantitative estimate of drug-likeness (QED) is 0.864. The molecule has 1 aromatic carbocycles. The molecule has 0 radical (unpaired) electrons. The highest BCUT2D eigenvalue weighted by Gasteiger charge is 2.21. The molecule has 0 spiro atoms. The molecule has 1 heterocycles. The van der Waals surface area contributed by atoms with Crippen molar-refractivity contribution >= 4 is 12.4 Å². The Hall–Kier alpha value is -0.570. The number of aryl methyl sites for hydroxylation is 1. The molecule has 2 N–H and O–H groups in total. The van der Waals surface area contributed by atoms with E-state index in [2.05, 4.69) is 31.2 Å². The van der Waals surface area contributed by atoms with Gasteiger partial charge in [0.1, 0.15) is 0 Å². The SMILES string of the molecule is Cc1ccc(C(N)C2CCOCC2)cc1.Cl. The van der Waals surface area contributed by atoms with E-state index in [9.17, 15) is 0 Å². The summed E-state index contributed by atoms with van der Waals surface area (Å²) >= 11 is 0. The van der Waals surface area contributed by atoms with Gasteiger partial charge in [-0.3, -0.25) is 0 Å². The number of halogens is 1. The van der Waals surface area contributed by atoms with Crippen LogP contribution in [0.2, 0.25) is 0 Å². The first-order valence-electron chi connectivity index (χ1n) is 5.67. The van der Waals surface area contributed by atoms with Crippen LogP contribution >= 0.6 is 12.4 Å². The van der Waals surface area contributed by atoms with Gasteiger partial charge < -0.3 is 10.5 Å². The van der Waals surface area contributed by atoms with Crippen LogP contribution in [-0.4, -0.2) is 13.2 Å². The Morgan fingerprint density at radius 3 is 2.31 bits per heavy atom. The van der Waals surface area contributed by atoms with Crippen LogP contribution in [0.15, 0.2) is 24.3 Å². The van der Waals surface area contributed by atoms with Crippen molar-refractivity contribution in [2.24, 2.45) is 11.7 Å². The number of hydrogen-bond donors (Lipinski definition) is 1. The molecule has 1 aliphatic heterocycles. The Bertz CT molecular complexity index is 306. The van der Waals surface area contributed by atoms with E-state index in [4.69, 9.17) is 10.5 Å². The molecule has 0 aliphatic carbocycles. The van der Waals surface area contributed by atoms with Crippen molar-refractivity contribution in [2.75, 3.05) is 13.2 Å². The number of benzene rings is 1. The highest BCUT2D eigenvalue weighted by molar-refractivity contribution is 5.85. The Kier molecular flexibility index (Phi) is 5.26. The first-order chi connectivity index (χ1) is 7.27. The van der Waals surface area contributed by atoms with Gasteiger partial charge in [0.05, 0.1) is 0 Å². The summed E-state index contributed by atoms with van der Waals surface area (Å²) in [6, 6.07) is 8.74. The molecule has 0 saturated carbocycles. The van der Waals surface area contributed by atoms with Gasteiger partial charge in [-0.25, -0.2) is 0 Å². The lowest BCUT2D eigenvalue weighted by atomic mass is 9.87. The van der Waals surface area contributed by atoms with Crippen LogP contribution in [0.3, 0.4) is 0 Å². The Labute approximate surface area is 104 Å². The van der Waals surface area contributed by atoms with Crippen LogP contribution in [-0.2, 0) is 4.74 Å². The Morgan fingerprint density at radius 1 is 1.19 bits per heavy atom. The summed E-state index contributed by atoms with van der Waals surface area (Å²) in [5.41, 5.74) is 8.81. The highest BCUT2D eigenvalue weighted by Crippen LogP contribution is 2.27. The maximum absolute atomic E-state index is 6.26. The highest BCUT2D eigenvalue weighted by atomic mass is 35.5. The molecule has 1 aliphatic rings. The van der Waals surface area contributed by atoms with Gasteiger partial charge in [-0.2, -0.15) is 0 Å². The van der Waals surface area contributed by atoms with Gasteiger partial charge in [0.2, 0.25) is 0 Å². The van der Waals surface area contributed by atoms with Gasteiger partial charge in [-0.05, 0) is 31.2 Å². The third kappa shape index (κ3) is 3.21. The summed E-state index contributed by atoms with van der Waals surface area (Å²) in [7, 11) is 0. The normalized spacial score (nSPS) is 18.9. The van der Waals surface area contributed by atoms with E-state index in [0.29, 0.717) is 5.92 Å². The van der Waals surface area contributed by atoms with Gasteiger partial charge in [-0.1, -0.05) is 29.8 Å². The van der Waals surface area contributed by atoms with Crippen molar-refractivity contribution in [2.45, 2.75) is 25.8 Å². The molecule has 0 bridgehead atoms. The molecule has 3 heteroatoms. The molecule has 2 nitrogen and oxygen atoms in total. The molecule has 1 saturated heterocycles. The summed E-state index contributed by atoms with van der Waals surface area (Å²) in [5, 5.41) is 0. The molecule has 0 aromatic heterocycles. The summed E-state index contributed by atoms with van der Waals surface area (Å²) in [6.07, 6.45) is 2.18. The zero-order valence-electron chi connectivity index (χ0n) is 9.69. The fraction of sp³-hybridized carbons (Fsp3) is 0.538. The molecule has 1 aromatic rings. The number of rotatable bonds is 2.